The average molecular weight is 347 g/mol. The zero-order chi connectivity index (χ0) is 12.7. The Kier molecular flexibility index (Phi) is 5.60. The number of hydrogen-bond acceptors (Lipinski definition) is 3. The summed E-state index contributed by atoms with van der Waals surface area (Å²) in [6.07, 6.45) is 0.671. The number of carbonyl (C=O) groups excluding carboxylic acids is 3. The van der Waals surface area contributed by atoms with Gasteiger partial charge in [0, 0.05) is 45.7 Å². The third kappa shape index (κ3) is 2.84. The molecule has 2 heterocycles. The molecule has 1 aromatic carbocycles. The Bertz CT molecular complexity index is 559. The summed E-state index contributed by atoms with van der Waals surface area (Å²) in [4.78, 5) is 36.5. The molecule has 3 rings (SSSR count). The number of hydrogen-bond donors (Lipinski definition) is 1. The van der Waals surface area contributed by atoms with Gasteiger partial charge in [0.25, 0.3) is 0 Å². The van der Waals surface area contributed by atoms with E-state index in [1.54, 1.807) is 18.2 Å². The van der Waals surface area contributed by atoms with E-state index in [2.05, 4.69) is 11.4 Å². The zero-order valence-corrected chi connectivity index (χ0v) is 14.0. The smallest absolute Gasteiger partial charge is 0.249 e. The SMILES string of the molecule is O=C1CCC(N2Cc3[c-]cccc3C2=O)C(=O)N1.[CH3-].[Y]. The number of rotatable bonds is 1. The summed E-state index contributed by atoms with van der Waals surface area (Å²) in [5, 5.41) is 2.27. The molecule has 0 aromatic heterocycles. The van der Waals surface area contributed by atoms with Gasteiger partial charge in [0.1, 0.15) is 6.04 Å². The normalized spacial score (nSPS) is 20.7. The minimum absolute atomic E-state index is 0. The van der Waals surface area contributed by atoms with E-state index in [0.717, 1.165) is 5.56 Å². The molecule has 1 N–H and O–H groups in total. The van der Waals surface area contributed by atoms with Crippen LogP contribution in [0.5, 0.6) is 0 Å². The average Bonchev–Trinajstić information content (AvgIpc) is 2.68. The molecule has 1 aromatic rings. The van der Waals surface area contributed by atoms with E-state index in [1.165, 1.54) is 4.90 Å². The Morgan fingerprint density at radius 2 is 2.05 bits per heavy atom. The van der Waals surface area contributed by atoms with E-state index < -0.39 is 6.04 Å². The van der Waals surface area contributed by atoms with Crippen molar-refractivity contribution >= 4 is 17.7 Å². The number of amides is 3. The molecular formula is C14H14N2O3Y-2. The quantitative estimate of drug-likeness (QED) is 0.601. The van der Waals surface area contributed by atoms with Crippen LogP contribution in [0.4, 0.5) is 0 Å². The molecule has 1 saturated heterocycles. The van der Waals surface area contributed by atoms with Crippen molar-refractivity contribution in [1.29, 1.82) is 0 Å². The summed E-state index contributed by atoms with van der Waals surface area (Å²) in [5.74, 6) is -0.810. The van der Waals surface area contributed by atoms with Gasteiger partial charge in [0.05, 0.1) is 0 Å². The summed E-state index contributed by atoms with van der Waals surface area (Å²) in [6, 6.07) is 7.71. The molecule has 1 atom stereocenters. The Hall–Kier alpha value is -1.07. The van der Waals surface area contributed by atoms with Crippen LogP contribution in [-0.4, -0.2) is 28.7 Å². The van der Waals surface area contributed by atoms with Crippen LogP contribution < -0.4 is 5.32 Å². The van der Waals surface area contributed by atoms with E-state index in [0.29, 0.717) is 18.5 Å². The minimum Gasteiger partial charge on any atom is -0.358 e. The second-order valence-electron chi connectivity index (χ2n) is 4.46. The minimum atomic E-state index is -0.545. The second-order valence-corrected chi connectivity index (χ2v) is 4.46. The Labute approximate surface area is 143 Å². The van der Waals surface area contributed by atoms with E-state index in [1.807, 2.05) is 0 Å². The molecule has 20 heavy (non-hydrogen) atoms. The summed E-state index contributed by atoms with van der Waals surface area (Å²) in [6.45, 7) is 0.390. The summed E-state index contributed by atoms with van der Waals surface area (Å²) in [5.41, 5.74) is 1.41. The van der Waals surface area contributed by atoms with E-state index in [4.69, 9.17) is 0 Å². The summed E-state index contributed by atoms with van der Waals surface area (Å²) < 4.78 is 0. The molecule has 0 aliphatic carbocycles. The van der Waals surface area contributed by atoms with Gasteiger partial charge in [-0.25, -0.2) is 0 Å². The van der Waals surface area contributed by atoms with E-state index in [-0.39, 0.29) is 64.3 Å². The molecule has 103 valence electrons. The molecule has 2 aliphatic rings. The monoisotopic (exact) mass is 347 g/mol. The first-order valence-corrected chi connectivity index (χ1v) is 5.81. The van der Waals surface area contributed by atoms with Gasteiger partial charge in [-0.2, -0.15) is 24.3 Å². The van der Waals surface area contributed by atoms with Crippen molar-refractivity contribution in [2.45, 2.75) is 25.4 Å². The van der Waals surface area contributed by atoms with E-state index >= 15 is 0 Å². The van der Waals surface area contributed by atoms with Gasteiger partial charge >= 0.3 is 0 Å². The Morgan fingerprint density at radius 1 is 1.30 bits per heavy atom. The van der Waals surface area contributed by atoms with Crippen LogP contribution >= 0.6 is 0 Å². The van der Waals surface area contributed by atoms with Crippen molar-refractivity contribution < 1.29 is 47.1 Å². The van der Waals surface area contributed by atoms with Gasteiger partial charge in [0.15, 0.2) is 5.91 Å². The first-order chi connectivity index (χ1) is 8.66. The first kappa shape index (κ1) is 17.0. The largest absolute Gasteiger partial charge is 0.358 e. The third-order valence-electron chi connectivity index (χ3n) is 3.35. The fraction of sp³-hybridized carbons (Fsp3) is 0.286. The van der Waals surface area contributed by atoms with Crippen LogP contribution in [0, 0.1) is 13.5 Å². The number of nitrogens with zero attached hydrogens (tertiary/aromatic N) is 1. The summed E-state index contributed by atoms with van der Waals surface area (Å²) in [7, 11) is 0. The topological polar surface area (TPSA) is 66.5 Å². The van der Waals surface area contributed by atoms with Crippen LogP contribution in [0.15, 0.2) is 18.2 Å². The predicted octanol–water partition coefficient (Wildman–Crippen LogP) is 0.696. The third-order valence-corrected chi connectivity index (χ3v) is 3.35. The maximum Gasteiger partial charge on any atom is 0.249 e. The van der Waals surface area contributed by atoms with Crippen molar-refractivity contribution in [2.75, 3.05) is 0 Å². The van der Waals surface area contributed by atoms with Gasteiger partial charge < -0.3 is 12.3 Å². The van der Waals surface area contributed by atoms with Crippen LogP contribution in [0.3, 0.4) is 0 Å². The number of carbonyl (C=O) groups is 3. The molecule has 0 bridgehead atoms. The fourth-order valence-electron chi connectivity index (χ4n) is 2.43. The standard InChI is InChI=1S/C13H11N2O3.CH3.Y/c16-11-6-5-10(12(17)14-11)15-7-8-3-1-2-4-9(8)13(15)18;;/h1-2,4,10H,5-7H2,(H,14,16,17);1H3;/q2*-1;. The molecular weight excluding hydrogens is 333 g/mol. The van der Waals surface area contributed by atoms with Gasteiger partial charge in [-0.1, -0.05) is 5.56 Å². The number of fused-ring (bicyclic) bond motifs is 1. The molecule has 3 amide bonds. The van der Waals surface area contributed by atoms with Crippen LogP contribution in [-0.2, 0) is 48.8 Å². The van der Waals surface area contributed by atoms with Crippen molar-refractivity contribution in [1.82, 2.24) is 10.2 Å². The molecule has 6 heteroatoms. The number of piperidine rings is 1. The number of nitrogens with one attached hydrogen (secondary N) is 1. The van der Waals surface area contributed by atoms with Gasteiger partial charge in [-0.15, -0.1) is 5.56 Å². The Balaban J connectivity index is 0.000001000. The predicted molar refractivity (Wildman–Crippen MR) is 67.7 cm³/mol. The molecule has 1 fully saturated rings. The Morgan fingerprint density at radius 3 is 2.70 bits per heavy atom. The van der Waals surface area contributed by atoms with Gasteiger partial charge in [-0.05, 0) is 6.42 Å². The van der Waals surface area contributed by atoms with Crippen molar-refractivity contribution in [3.8, 4) is 0 Å². The number of benzene rings is 1. The number of imide groups is 1. The van der Waals surface area contributed by atoms with Crippen LogP contribution in [0.25, 0.3) is 0 Å². The first-order valence-electron chi connectivity index (χ1n) is 5.81. The van der Waals surface area contributed by atoms with Crippen molar-refractivity contribution in [3.63, 3.8) is 0 Å². The fourth-order valence-corrected chi connectivity index (χ4v) is 2.43. The molecule has 5 nitrogen and oxygen atoms in total. The van der Waals surface area contributed by atoms with E-state index in [9.17, 15) is 14.4 Å². The van der Waals surface area contributed by atoms with Crippen molar-refractivity contribution in [2.24, 2.45) is 0 Å². The molecule has 0 spiro atoms. The molecule has 0 saturated carbocycles. The molecule has 1 unspecified atom stereocenters. The maximum absolute atomic E-state index is 12.2. The molecule has 2 aliphatic heterocycles. The van der Waals surface area contributed by atoms with Crippen molar-refractivity contribution in [3.05, 3.63) is 42.8 Å². The van der Waals surface area contributed by atoms with Crippen LogP contribution in [0.1, 0.15) is 28.8 Å². The zero-order valence-electron chi connectivity index (χ0n) is 11.2. The second kappa shape index (κ2) is 6.59. The van der Waals surface area contributed by atoms with Gasteiger partial charge in [-0.3, -0.25) is 19.7 Å². The maximum atomic E-state index is 12.2. The van der Waals surface area contributed by atoms with Crippen LogP contribution in [0.2, 0.25) is 0 Å². The summed E-state index contributed by atoms with van der Waals surface area (Å²) >= 11 is 0. The van der Waals surface area contributed by atoms with Gasteiger partial charge in [0.2, 0.25) is 11.8 Å². The molecule has 1 radical (unpaired) electrons.